The van der Waals surface area contributed by atoms with Crippen LogP contribution in [0.25, 0.3) is 0 Å². The van der Waals surface area contributed by atoms with Gasteiger partial charge in [-0.3, -0.25) is 4.79 Å². The van der Waals surface area contributed by atoms with Gasteiger partial charge in [-0.2, -0.15) is 4.39 Å². The predicted octanol–water partition coefficient (Wildman–Crippen LogP) is 1.43. The Morgan fingerprint density at radius 3 is 3.05 bits per heavy atom. The average molecular weight is 263 g/mol. The van der Waals surface area contributed by atoms with Gasteiger partial charge in [0, 0.05) is 25.3 Å². The first-order valence-corrected chi connectivity index (χ1v) is 6.87. The Hall–Kier alpha value is -1.49. The summed E-state index contributed by atoms with van der Waals surface area (Å²) in [5.74, 6) is -0.578. The lowest BCUT2D eigenvalue weighted by Gasteiger charge is -2.15. The summed E-state index contributed by atoms with van der Waals surface area (Å²) in [6, 6.07) is 3.82. The fourth-order valence-corrected chi connectivity index (χ4v) is 2.69. The first-order valence-electron chi connectivity index (χ1n) is 6.87. The van der Waals surface area contributed by atoms with E-state index in [0.29, 0.717) is 12.5 Å². The van der Waals surface area contributed by atoms with Crippen LogP contribution in [-0.2, 0) is 0 Å². The minimum absolute atomic E-state index is 0.0274. The Balaban J connectivity index is 1.50. The van der Waals surface area contributed by atoms with E-state index in [0.717, 1.165) is 25.6 Å². The number of halogens is 1. The van der Waals surface area contributed by atoms with Crippen LogP contribution in [0.15, 0.2) is 18.3 Å². The maximum Gasteiger partial charge on any atom is 0.255 e. The van der Waals surface area contributed by atoms with Gasteiger partial charge in [0.05, 0.1) is 5.56 Å². The summed E-state index contributed by atoms with van der Waals surface area (Å²) in [7, 11) is 0. The number of carbonyl (C=O) groups excluding carboxylic acids is 1. The van der Waals surface area contributed by atoms with Gasteiger partial charge in [-0.25, -0.2) is 4.98 Å². The molecule has 1 aromatic rings. The molecule has 1 aromatic heterocycles. The van der Waals surface area contributed by atoms with Crippen LogP contribution in [0.2, 0.25) is 0 Å². The summed E-state index contributed by atoms with van der Waals surface area (Å²) in [5, 5.41) is 2.82. The lowest BCUT2D eigenvalue weighted by molar-refractivity contribution is 0.0942. The van der Waals surface area contributed by atoms with E-state index in [-0.39, 0.29) is 11.5 Å². The van der Waals surface area contributed by atoms with Crippen molar-refractivity contribution < 1.29 is 9.18 Å². The molecule has 2 fully saturated rings. The Kier molecular flexibility index (Phi) is 3.46. The van der Waals surface area contributed by atoms with Crippen LogP contribution in [0, 0.1) is 11.9 Å². The summed E-state index contributed by atoms with van der Waals surface area (Å²) < 4.78 is 13.3. The molecule has 1 saturated carbocycles. The summed E-state index contributed by atoms with van der Waals surface area (Å²) in [6.07, 6.45) is 5.10. The summed E-state index contributed by atoms with van der Waals surface area (Å²) in [5.41, 5.74) is 0.0274. The van der Waals surface area contributed by atoms with E-state index in [9.17, 15) is 9.18 Å². The van der Waals surface area contributed by atoms with Crippen LogP contribution < -0.4 is 5.32 Å². The molecule has 1 aliphatic heterocycles. The van der Waals surface area contributed by atoms with Gasteiger partial charge in [0.2, 0.25) is 5.95 Å². The lowest BCUT2D eigenvalue weighted by Crippen LogP contribution is -2.32. The third-order valence-electron chi connectivity index (χ3n) is 3.94. The van der Waals surface area contributed by atoms with E-state index in [4.69, 9.17) is 0 Å². The Morgan fingerprint density at radius 1 is 1.47 bits per heavy atom. The standard InChI is InChI=1S/C14H18FN3O/c15-13-12(2-1-6-16-13)14(19)17-8-10-5-7-18(9-10)11-3-4-11/h1-2,6,10-11H,3-5,7-9H2,(H,17,19). The molecule has 1 saturated heterocycles. The molecule has 0 radical (unpaired) electrons. The molecular formula is C14H18FN3O. The molecule has 4 nitrogen and oxygen atoms in total. The number of amides is 1. The molecule has 102 valence electrons. The van der Waals surface area contributed by atoms with E-state index in [1.165, 1.54) is 25.1 Å². The number of aromatic nitrogens is 1. The average Bonchev–Trinajstić information content (AvgIpc) is 3.16. The van der Waals surface area contributed by atoms with E-state index in [2.05, 4.69) is 15.2 Å². The first kappa shape index (κ1) is 12.5. The molecule has 2 heterocycles. The van der Waals surface area contributed by atoms with Crippen molar-refractivity contribution in [1.29, 1.82) is 0 Å². The van der Waals surface area contributed by atoms with Crippen LogP contribution in [-0.4, -0.2) is 41.5 Å². The molecule has 1 amide bonds. The molecule has 1 unspecified atom stereocenters. The van der Waals surface area contributed by atoms with Gasteiger partial charge >= 0.3 is 0 Å². The van der Waals surface area contributed by atoms with E-state index in [1.807, 2.05) is 0 Å². The smallest absolute Gasteiger partial charge is 0.255 e. The van der Waals surface area contributed by atoms with Gasteiger partial charge in [-0.1, -0.05) is 0 Å². The van der Waals surface area contributed by atoms with Gasteiger partial charge < -0.3 is 10.2 Å². The van der Waals surface area contributed by atoms with Gasteiger partial charge in [-0.15, -0.1) is 0 Å². The number of carbonyl (C=O) groups is 1. The first-order chi connectivity index (χ1) is 9.24. The highest BCUT2D eigenvalue weighted by Crippen LogP contribution is 2.31. The largest absolute Gasteiger partial charge is 0.352 e. The van der Waals surface area contributed by atoms with E-state index < -0.39 is 5.95 Å². The van der Waals surface area contributed by atoms with Crippen molar-refractivity contribution in [3.8, 4) is 0 Å². The fraction of sp³-hybridized carbons (Fsp3) is 0.571. The number of nitrogens with zero attached hydrogens (tertiary/aromatic N) is 2. The van der Waals surface area contributed by atoms with Crippen LogP contribution in [0.4, 0.5) is 4.39 Å². The lowest BCUT2D eigenvalue weighted by atomic mass is 10.1. The number of rotatable bonds is 4. The number of pyridine rings is 1. The molecule has 1 atom stereocenters. The zero-order valence-electron chi connectivity index (χ0n) is 10.8. The second kappa shape index (κ2) is 5.25. The van der Waals surface area contributed by atoms with Crippen molar-refractivity contribution >= 4 is 5.91 Å². The second-order valence-electron chi connectivity index (χ2n) is 5.43. The van der Waals surface area contributed by atoms with Crippen LogP contribution in [0.5, 0.6) is 0 Å². The Labute approximate surface area is 112 Å². The molecule has 0 aromatic carbocycles. The molecule has 1 N–H and O–H groups in total. The number of nitrogens with one attached hydrogen (secondary N) is 1. The minimum atomic E-state index is -0.703. The molecule has 1 aliphatic carbocycles. The van der Waals surface area contributed by atoms with Crippen molar-refractivity contribution in [1.82, 2.24) is 15.2 Å². The van der Waals surface area contributed by atoms with Gasteiger partial charge in [0.25, 0.3) is 5.91 Å². The summed E-state index contributed by atoms with van der Waals surface area (Å²) >= 11 is 0. The van der Waals surface area contributed by atoms with Crippen LogP contribution in [0.3, 0.4) is 0 Å². The maximum atomic E-state index is 13.3. The summed E-state index contributed by atoms with van der Waals surface area (Å²) in [6.45, 7) is 2.81. The molecule has 19 heavy (non-hydrogen) atoms. The highest BCUT2D eigenvalue weighted by molar-refractivity contribution is 5.94. The fourth-order valence-electron chi connectivity index (χ4n) is 2.69. The Morgan fingerprint density at radius 2 is 2.32 bits per heavy atom. The zero-order valence-corrected chi connectivity index (χ0v) is 10.8. The minimum Gasteiger partial charge on any atom is -0.352 e. The van der Waals surface area contributed by atoms with E-state index in [1.54, 1.807) is 6.07 Å². The van der Waals surface area contributed by atoms with Crippen molar-refractivity contribution in [2.75, 3.05) is 19.6 Å². The van der Waals surface area contributed by atoms with Crippen molar-refractivity contribution in [3.05, 3.63) is 29.8 Å². The molecule has 5 heteroatoms. The SMILES string of the molecule is O=C(NCC1CCN(C2CC2)C1)c1cccnc1F. The number of hydrogen-bond donors (Lipinski definition) is 1. The highest BCUT2D eigenvalue weighted by Gasteiger charge is 2.34. The van der Waals surface area contributed by atoms with Gasteiger partial charge in [-0.05, 0) is 43.9 Å². The van der Waals surface area contributed by atoms with E-state index >= 15 is 0 Å². The van der Waals surface area contributed by atoms with Crippen LogP contribution >= 0.6 is 0 Å². The topological polar surface area (TPSA) is 45.2 Å². The normalized spacial score (nSPS) is 23.5. The monoisotopic (exact) mass is 263 g/mol. The third kappa shape index (κ3) is 2.92. The van der Waals surface area contributed by atoms with Gasteiger partial charge in [0.1, 0.15) is 0 Å². The van der Waals surface area contributed by atoms with Crippen molar-refractivity contribution in [2.45, 2.75) is 25.3 Å². The second-order valence-corrected chi connectivity index (χ2v) is 5.43. The maximum absolute atomic E-state index is 13.3. The van der Waals surface area contributed by atoms with Crippen LogP contribution in [0.1, 0.15) is 29.6 Å². The molecule has 3 rings (SSSR count). The number of likely N-dealkylation sites (tertiary alicyclic amines) is 1. The molecule has 0 spiro atoms. The molecule has 0 bridgehead atoms. The predicted molar refractivity (Wildman–Crippen MR) is 69.2 cm³/mol. The highest BCUT2D eigenvalue weighted by atomic mass is 19.1. The number of hydrogen-bond acceptors (Lipinski definition) is 3. The molecular weight excluding hydrogens is 245 g/mol. The van der Waals surface area contributed by atoms with Crippen molar-refractivity contribution in [2.24, 2.45) is 5.92 Å². The zero-order chi connectivity index (χ0) is 13.2. The quantitative estimate of drug-likeness (QED) is 0.836. The molecule has 2 aliphatic rings. The Bertz CT molecular complexity index is 476. The third-order valence-corrected chi connectivity index (χ3v) is 3.94. The summed E-state index contributed by atoms with van der Waals surface area (Å²) in [4.78, 5) is 17.8. The van der Waals surface area contributed by atoms with Gasteiger partial charge in [0.15, 0.2) is 0 Å². The van der Waals surface area contributed by atoms with Crippen molar-refractivity contribution in [3.63, 3.8) is 0 Å².